The maximum absolute atomic E-state index is 12.6. The molecule has 1 unspecified atom stereocenters. The van der Waals surface area contributed by atoms with Crippen LogP contribution in [0.3, 0.4) is 0 Å². The predicted octanol–water partition coefficient (Wildman–Crippen LogP) is 4.05. The van der Waals surface area contributed by atoms with Gasteiger partial charge in [-0.15, -0.1) is 0 Å². The van der Waals surface area contributed by atoms with Crippen molar-refractivity contribution in [2.24, 2.45) is 0 Å². The molecule has 5 heteroatoms. The average molecular weight is 373 g/mol. The molecule has 3 aromatic rings. The number of aromatic nitrogens is 2. The van der Waals surface area contributed by atoms with Crippen molar-refractivity contribution in [1.82, 2.24) is 9.97 Å². The Hall–Kier alpha value is -3.21. The molecule has 1 aromatic heterocycles. The van der Waals surface area contributed by atoms with Crippen LogP contribution in [0.2, 0.25) is 0 Å². The Morgan fingerprint density at radius 3 is 2.61 bits per heavy atom. The summed E-state index contributed by atoms with van der Waals surface area (Å²) in [7, 11) is 1.65. The molecule has 28 heavy (non-hydrogen) atoms. The Morgan fingerprint density at radius 2 is 1.86 bits per heavy atom. The molecule has 1 N–H and O–H groups in total. The van der Waals surface area contributed by atoms with Crippen molar-refractivity contribution < 1.29 is 9.53 Å². The number of rotatable bonds is 6. The highest BCUT2D eigenvalue weighted by Crippen LogP contribution is 2.32. The third-order valence-electron chi connectivity index (χ3n) is 5.17. The van der Waals surface area contributed by atoms with Crippen LogP contribution >= 0.6 is 0 Å². The van der Waals surface area contributed by atoms with Gasteiger partial charge in [0.1, 0.15) is 5.75 Å². The van der Waals surface area contributed by atoms with Crippen LogP contribution in [0.4, 0.5) is 5.95 Å². The van der Waals surface area contributed by atoms with Crippen molar-refractivity contribution in [3.05, 3.63) is 83.2 Å². The molecule has 0 aliphatic heterocycles. The van der Waals surface area contributed by atoms with Gasteiger partial charge in [0.15, 0.2) is 5.78 Å². The molecule has 0 fully saturated rings. The standard InChI is InChI=1S/C23H23N3O2/c1-28-19-9-7-17(8-10-19)18-13-21-20(22(27)14-18)15-25-23(26-21)24-12-11-16-5-3-2-4-6-16/h2-10,15,18H,11-14H2,1H3,(H,24,25,26). The molecule has 0 saturated heterocycles. The summed E-state index contributed by atoms with van der Waals surface area (Å²) in [5.41, 5.74) is 3.88. The third kappa shape index (κ3) is 4.03. The molecule has 1 aliphatic rings. The molecular weight excluding hydrogens is 350 g/mol. The van der Waals surface area contributed by atoms with E-state index < -0.39 is 0 Å². The lowest BCUT2D eigenvalue weighted by Crippen LogP contribution is -2.21. The fourth-order valence-electron chi connectivity index (χ4n) is 3.61. The van der Waals surface area contributed by atoms with Crippen molar-refractivity contribution in [3.8, 4) is 5.75 Å². The van der Waals surface area contributed by atoms with Crippen molar-refractivity contribution >= 4 is 11.7 Å². The summed E-state index contributed by atoms with van der Waals surface area (Å²) in [4.78, 5) is 21.5. The number of ether oxygens (including phenoxy) is 1. The fourth-order valence-corrected chi connectivity index (χ4v) is 3.61. The second kappa shape index (κ2) is 8.21. The monoisotopic (exact) mass is 373 g/mol. The highest BCUT2D eigenvalue weighted by atomic mass is 16.5. The number of nitrogens with zero attached hydrogens (tertiary/aromatic N) is 2. The van der Waals surface area contributed by atoms with Gasteiger partial charge in [-0.25, -0.2) is 9.97 Å². The van der Waals surface area contributed by atoms with Gasteiger partial charge >= 0.3 is 0 Å². The number of carbonyl (C=O) groups excluding carboxylic acids is 1. The number of carbonyl (C=O) groups is 1. The lowest BCUT2D eigenvalue weighted by atomic mass is 9.82. The summed E-state index contributed by atoms with van der Waals surface area (Å²) in [6.07, 6.45) is 3.79. The summed E-state index contributed by atoms with van der Waals surface area (Å²) >= 11 is 0. The van der Waals surface area contributed by atoms with Gasteiger partial charge in [-0.05, 0) is 42.0 Å². The van der Waals surface area contributed by atoms with E-state index in [-0.39, 0.29) is 11.7 Å². The zero-order valence-corrected chi connectivity index (χ0v) is 15.9. The van der Waals surface area contributed by atoms with E-state index in [4.69, 9.17) is 4.74 Å². The van der Waals surface area contributed by atoms with Gasteiger partial charge in [0, 0.05) is 19.2 Å². The molecule has 1 heterocycles. The summed E-state index contributed by atoms with van der Waals surface area (Å²) in [6, 6.07) is 18.2. The van der Waals surface area contributed by atoms with Crippen LogP contribution in [0.25, 0.3) is 0 Å². The van der Waals surface area contributed by atoms with Crippen LogP contribution in [-0.4, -0.2) is 29.4 Å². The highest BCUT2D eigenvalue weighted by molar-refractivity contribution is 5.98. The van der Waals surface area contributed by atoms with Crippen LogP contribution in [0.1, 0.15) is 39.5 Å². The predicted molar refractivity (Wildman–Crippen MR) is 109 cm³/mol. The maximum Gasteiger partial charge on any atom is 0.222 e. The smallest absolute Gasteiger partial charge is 0.222 e. The topological polar surface area (TPSA) is 64.1 Å². The molecular formula is C23H23N3O2. The summed E-state index contributed by atoms with van der Waals surface area (Å²) < 4.78 is 5.22. The van der Waals surface area contributed by atoms with Gasteiger partial charge < -0.3 is 10.1 Å². The van der Waals surface area contributed by atoms with Gasteiger partial charge in [-0.1, -0.05) is 42.5 Å². The second-order valence-corrected chi connectivity index (χ2v) is 7.02. The fraction of sp³-hybridized carbons (Fsp3) is 0.261. The number of Topliss-reactive ketones (excluding diaryl/α,β-unsaturated/α-hetero) is 1. The van der Waals surface area contributed by atoms with Gasteiger partial charge in [0.05, 0.1) is 18.4 Å². The lowest BCUT2D eigenvalue weighted by molar-refractivity contribution is 0.0962. The molecule has 1 atom stereocenters. The lowest BCUT2D eigenvalue weighted by Gasteiger charge is -2.23. The van der Waals surface area contributed by atoms with Crippen molar-refractivity contribution in [2.45, 2.75) is 25.2 Å². The molecule has 1 aliphatic carbocycles. The number of ketones is 1. The minimum absolute atomic E-state index is 0.109. The number of benzene rings is 2. The molecule has 2 aromatic carbocycles. The zero-order valence-electron chi connectivity index (χ0n) is 15.9. The minimum Gasteiger partial charge on any atom is -0.497 e. The number of methoxy groups -OCH3 is 1. The van der Waals surface area contributed by atoms with Gasteiger partial charge in [0.2, 0.25) is 5.95 Å². The molecule has 0 amide bonds. The number of fused-ring (bicyclic) bond motifs is 1. The summed E-state index contributed by atoms with van der Waals surface area (Å²) in [6.45, 7) is 0.749. The van der Waals surface area contributed by atoms with E-state index in [1.54, 1.807) is 13.3 Å². The largest absolute Gasteiger partial charge is 0.497 e. The number of anilines is 1. The van der Waals surface area contributed by atoms with Gasteiger partial charge in [-0.2, -0.15) is 0 Å². The quantitative estimate of drug-likeness (QED) is 0.706. The third-order valence-corrected chi connectivity index (χ3v) is 5.17. The Balaban J connectivity index is 1.46. The normalized spacial score (nSPS) is 15.8. The molecule has 0 bridgehead atoms. The first-order chi connectivity index (χ1) is 13.7. The molecule has 4 rings (SSSR count). The Kier molecular flexibility index (Phi) is 5.33. The Bertz CT molecular complexity index is 955. The number of hydrogen-bond donors (Lipinski definition) is 1. The Labute approximate surface area is 164 Å². The molecule has 0 spiro atoms. The van der Waals surface area contributed by atoms with Crippen LogP contribution in [-0.2, 0) is 12.8 Å². The highest BCUT2D eigenvalue weighted by Gasteiger charge is 2.28. The van der Waals surface area contributed by atoms with Crippen LogP contribution in [0.5, 0.6) is 5.75 Å². The van der Waals surface area contributed by atoms with E-state index in [0.717, 1.165) is 36.4 Å². The first-order valence-corrected chi connectivity index (χ1v) is 9.54. The SMILES string of the molecule is COc1ccc(C2CC(=O)c3cnc(NCCc4ccccc4)nc3C2)cc1. The van der Waals surface area contributed by atoms with Crippen molar-refractivity contribution in [3.63, 3.8) is 0 Å². The second-order valence-electron chi connectivity index (χ2n) is 7.02. The van der Waals surface area contributed by atoms with E-state index >= 15 is 0 Å². The van der Waals surface area contributed by atoms with E-state index in [2.05, 4.69) is 27.4 Å². The summed E-state index contributed by atoms with van der Waals surface area (Å²) in [5.74, 6) is 1.65. The zero-order chi connectivity index (χ0) is 19.3. The van der Waals surface area contributed by atoms with E-state index in [1.807, 2.05) is 42.5 Å². The number of nitrogens with one attached hydrogen (secondary N) is 1. The van der Waals surface area contributed by atoms with Gasteiger partial charge in [-0.3, -0.25) is 4.79 Å². The maximum atomic E-state index is 12.6. The van der Waals surface area contributed by atoms with E-state index in [9.17, 15) is 4.79 Å². The van der Waals surface area contributed by atoms with Crippen molar-refractivity contribution in [1.29, 1.82) is 0 Å². The first-order valence-electron chi connectivity index (χ1n) is 9.54. The molecule has 142 valence electrons. The van der Waals surface area contributed by atoms with Crippen molar-refractivity contribution in [2.75, 3.05) is 19.0 Å². The first kappa shape index (κ1) is 18.2. The molecule has 0 radical (unpaired) electrons. The van der Waals surface area contributed by atoms with Crippen LogP contribution in [0, 0.1) is 0 Å². The average Bonchev–Trinajstić information content (AvgIpc) is 2.74. The number of hydrogen-bond acceptors (Lipinski definition) is 5. The van der Waals surface area contributed by atoms with Crippen LogP contribution in [0.15, 0.2) is 60.8 Å². The minimum atomic E-state index is 0.109. The van der Waals surface area contributed by atoms with E-state index in [1.165, 1.54) is 5.56 Å². The molecule has 0 saturated carbocycles. The van der Waals surface area contributed by atoms with Crippen LogP contribution < -0.4 is 10.1 Å². The van der Waals surface area contributed by atoms with E-state index in [0.29, 0.717) is 17.9 Å². The summed E-state index contributed by atoms with van der Waals surface area (Å²) in [5, 5.41) is 3.28. The Morgan fingerprint density at radius 1 is 1.07 bits per heavy atom. The van der Waals surface area contributed by atoms with Gasteiger partial charge in [0.25, 0.3) is 0 Å². The molecule has 5 nitrogen and oxygen atoms in total.